The van der Waals surface area contributed by atoms with Gasteiger partial charge in [0.1, 0.15) is 0 Å². The largest absolute Gasteiger partial charge is 0.394 e. The van der Waals surface area contributed by atoms with Crippen molar-refractivity contribution >= 4 is 16.7 Å². The maximum atomic E-state index is 8.74. The molecule has 2 aromatic carbocycles. The Morgan fingerprint density at radius 3 is 1.85 bits per heavy atom. The highest BCUT2D eigenvalue weighted by molar-refractivity contribution is 7.79. The first-order chi connectivity index (χ1) is 16.4. The second kappa shape index (κ2) is 15.6. The van der Waals surface area contributed by atoms with Gasteiger partial charge in [0.25, 0.3) is 0 Å². The lowest BCUT2D eigenvalue weighted by Crippen LogP contribution is -2.35. The van der Waals surface area contributed by atoms with Gasteiger partial charge in [0, 0.05) is 25.6 Å². The van der Waals surface area contributed by atoms with Gasteiger partial charge >= 0.3 is 10.4 Å². The van der Waals surface area contributed by atoms with Gasteiger partial charge in [0.05, 0.1) is 6.34 Å². The number of hydrogen-bond acceptors (Lipinski definition) is 3. The molecule has 2 N–H and O–H groups in total. The van der Waals surface area contributed by atoms with Crippen molar-refractivity contribution < 1.29 is 17.5 Å². The number of hydrogen-bond donors (Lipinski definition) is 2. The summed E-state index contributed by atoms with van der Waals surface area (Å²) >= 11 is 0. The van der Waals surface area contributed by atoms with E-state index in [9.17, 15) is 0 Å². The highest BCUT2D eigenvalue weighted by Gasteiger charge is 2.28. The molecule has 0 atom stereocenters. The maximum Gasteiger partial charge on any atom is 0.394 e. The third-order valence-electron chi connectivity index (χ3n) is 6.25. The lowest BCUT2D eigenvalue weighted by molar-refractivity contribution is 0.254. The van der Waals surface area contributed by atoms with E-state index in [2.05, 4.69) is 78.8 Å². The molecule has 0 bridgehead atoms. The Morgan fingerprint density at radius 1 is 0.882 bits per heavy atom. The second-order valence-electron chi connectivity index (χ2n) is 8.91. The molecule has 0 aliphatic carbocycles. The summed E-state index contributed by atoms with van der Waals surface area (Å²) in [4.78, 5) is 7.13. The molecular weight excluding hydrogens is 448 g/mol. The molecule has 1 heterocycles. The fourth-order valence-electron chi connectivity index (χ4n) is 4.58. The predicted molar refractivity (Wildman–Crippen MR) is 140 cm³/mol. The highest BCUT2D eigenvalue weighted by Crippen LogP contribution is 2.37. The average molecular weight is 489 g/mol. The van der Waals surface area contributed by atoms with E-state index >= 15 is 0 Å². The zero-order chi connectivity index (χ0) is 24.7. The van der Waals surface area contributed by atoms with Crippen LogP contribution >= 0.6 is 0 Å². The van der Waals surface area contributed by atoms with Gasteiger partial charge in [-0.3, -0.25) is 14.1 Å². The van der Waals surface area contributed by atoms with E-state index in [0.717, 1.165) is 19.6 Å². The zero-order valence-corrected chi connectivity index (χ0v) is 21.1. The first-order valence-electron chi connectivity index (χ1n) is 12.4. The molecule has 6 nitrogen and oxygen atoms in total. The van der Waals surface area contributed by atoms with Gasteiger partial charge in [-0.2, -0.15) is 8.42 Å². The summed E-state index contributed by atoms with van der Waals surface area (Å²) < 4.78 is 31.6. The molecule has 1 saturated heterocycles. The molecule has 188 valence electrons. The Hall–Kier alpha value is -2.22. The summed E-state index contributed by atoms with van der Waals surface area (Å²) in [5, 5.41) is 0. The fourth-order valence-corrected chi connectivity index (χ4v) is 4.58. The normalized spacial score (nSPS) is 14.9. The molecule has 7 heteroatoms. The first kappa shape index (κ1) is 28.0. The molecule has 1 aliphatic rings. The molecule has 1 fully saturated rings. The van der Waals surface area contributed by atoms with Gasteiger partial charge in [-0.05, 0) is 36.3 Å². The van der Waals surface area contributed by atoms with Crippen LogP contribution in [0, 0.1) is 5.92 Å². The summed E-state index contributed by atoms with van der Waals surface area (Å²) in [6.45, 7) is 5.51. The molecule has 0 amide bonds. The van der Waals surface area contributed by atoms with Gasteiger partial charge in [-0.1, -0.05) is 99.7 Å². The van der Waals surface area contributed by atoms with E-state index in [1.54, 1.807) is 0 Å². The Morgan fingerprint density at radius 2 is 1.35 bits per heavy atom. The standard InChI is InChI=1S/C27H38N2.H2O4S/c1-2-3-4-5-6-13-20-28-23-29-21-18-26(19-22-29)27(24-14-9-7-10-15-24)25-16-11-8-12-17-25;1-5(2,3)4/h7-12,14-17,23,26-27H,2-6,13,18-22H2,1H3;(H2,1,2,3,4). The second-order valence-corrected chi connectivity index (χ2v) is 9.81. The summed E-state index contributed by atoms with van der Waals surface area (Å²) in [6.07, 6.45) is 12.6. The molecular formula is C27H40N2O4S. The monoisotopic (exact) mass is 488 g/mol. The zero-order valence-electron chi connectivity index (χ0n) is 20.3. The smallest absolute Gasteiger partial charge is 0.363 e. The quantitative estimate of drug-likeness (QED) is 0.168. The van der Waals surface area contributed by atoms with Crippen LogP contribution in [0.4, 0.5) is 0 Å². The van der Waals surface area contributed by atoms with Crippen molar-refractivity contribution in [3.63, 3.8) is 0 Å². The van der Waals surface area contributed by atoms with Gasteiger partial charge in [0.15, 0.2) is 0 Å². The average Bonchev–Trinajstić information content (AvgIpc) is 2.82. The van der Waals surface area contributed by atoms with Crippen molar-refractivity contribution in [2.24, 2.45) is 10.9 Å². The molecule has 3 rings (SSSR count). The Bertz CT molecular complexity index is 865. The number of nitrogens with zero attached hydrogens (tertiary/aromatic N) is 2. The Kier molecular flexibility index (Phi) is 12.9. The predicted octanol–water partition coefficient (Wildman–Crippen LogP) is 6.27. The minimum absolute atomic E-state index is 0.500. The summed E-state index contributed by atoms with van der Waals surface area (Å²) in [5.41, 5.74) is 2.91. The van der Waals surface area contributed by atoms with Crippen LogP contribution in [-0.4, -0.2) is 48.4 Å². The summed E-state index contributed by atoms with van der Waals surface area (Å²) in [5.74, 6) is 1.20. The Labute approximate surface area is 205 Å². The molecule has 0 unspecified atom stereocenters. The number of rotatable bonds is 11. The van der Waals surface area contributed by atoms with Gasteiger partial charge in [-0.15, -0.1) is 0 Å². The number of aliphatic imine (C=N–C) groups is 1. The van der Waals surface area contributed by atoms with E-state index in [1.165, 1.54) is 62.5 Å². The highest BCUT2D eigenvalue weighted by atomic mass is 32.3. The van der Waals surface area contributed by atoms with E-state index in [0.29, 0.717) is 11.8 Å². The van der Waals surface area contributed by atoms with E-state index < -0.39 is 10.4 Å². The molecule has 1 aliphatic heterocycles. The van der Waals surface area contributed by atoms with Gasteiger partial charge in [0.2, 0.25) is 0 Å². The van der Waals surface area contributed by atoms with Crippen molar-refractivity contribution in [1.29, 1.82) is 0 Å². The van der Waals surface area contributed by atoms with E-state index in [-0.39, 0.29) is 0 Å². The lowest BCUT2D eigenvalue weighted by Gasteiger charge is -2.36. The SMILES string of the molecule is CCCCCCCCN=CN1CCC(C(c2ccccc2)c2ccccc2)CC1.O=S(=O)(O)O. The van der Waals surface area contributed by atoms with Gasteiger partial charge < -0.3 is 4.90 Å². The third-order valence-corrected chi connectivity index (χ3v) is 6.25. The van der Waals surface area contributed by atoms with Crippen LogP contribution in [-0.2, 0) is 10.4 Å². The number of unbranched alkanes of at least 4 members (excludes halogenated alkanes) is 5. The van der Waals surface area contributed by atoms with Gasteiger partial charge in [-0.25, -0.2) is 0 Å². The van der Waals surface area contributed by atoms with Crippen molar-refractivity contribution in [2.75, 3.05) is 19.6 Å². The van der Waals surface area contributed by atoms with Crippen LogP contribution < -0.4 is 0 Å². The number of likely N-dealkylation sites (tertiary alicyclic amines) is 1. The fraction of sp³-hybridized carbons (Fsp3) is 0.519. The molecule has 0 radical (unpaired) electrons. The molecule has 0 aromatic heterocycles. The summed E-state index contributed by atoms with van der Waals surface area (Å²) in [6, 6.07) is 22.1. The van der Waals surface area contributed by atoms with Crippen LogP contribution in [0.25, 0.3) is 0 Å². The minimum Gasteiger partial charge on any atom is -0.363 e. The van der Waals surface area contributed by atoms with Crippen molar-refractivity contribution in [1.82, 2.24) is 4.90 Å². The number of piperidine rings is 1. The first-order valence-corrected chi connectivity index (χ1v) is 13.8. The van der Waals surface area contributed by atoms with Crippen LogP contribution in [0.2, 0.25) is 0 Å². The van der Waals surface area contributed by atoms with Crippen LogP contribution in [0.15, 0.2) is 65.7 Å². The van der Waals surface area contributed by atoms with Crippen LogP contribution in [0.3, 0.4) is 0 Å². The van der Waals surface area contributed by atoms with Crippen molar-refractivity contribution in [2.45, 2.75) is 64.2 Å². The topological polar surface area (TPSA) is 90.2 Å². The summed E-state index contributed by atoms with van der Waals surface area (Å²) in [7, 11) is -4.67. The van der Waals surface area contributed by atoms with E-state index in [1.807, 2.05) is 0 Å². The molecule has 0 spiro atoms. The molecule has 34 heavy (non-hydrogen) atoms. The molecule has 0 saturated carbocycles. The van der Waals surface area contributed by atoms with Crippen molar-refractivity contribution in [3.05, 3.63) is 71.8 Å². The minimum atomic E-state index is -4.67. The van der Waals surface area contributed by atoms with E-state index in [4.69, 9.17) is 22.5 Å². The Balaban J connectivity index is 0.000000739. The lowest BCUT2D eigenvalue weighted by atomic mass is 9.76. The van der Waals surface area contributed by atoms with Crippen LogP contribution in [0.5, 0.6) is 0 Å². The van der Waals surface area contributed by atoms with Crippen molar-refractivity contribution in [3.8, 4) is 0 Å². The number of benzene rings is 2. The molecule has 2 aromatic rings. The van der Waals surface area contributed by atoms with Crippen LogP contribution in [0.1, 0.15) is 75.3 Å². The maximum absolute atomic E-state index is 8.74. The third kappa shape index (κ3) is 11.8.